The summed E-state index contributed by atoms with van der Waals surface area (Å²) in [6, 6.07) is 15.2. The zero-order valence-corrected chi connectivity index (χ0v) is 19.1. The van der Waals surface area contributed by atoms with Crippen LogP contribution in [0.3, 0.4) is 0 Å². The number of hydrogen-bond donors (Lipinski definition) is 3. The standard InChI is InChI=1S/C21H15Cl2IN6/c22-14-6-2-1-5-13(14)17-12(8-11-4-3-7-15(23)18(11)30-17)9-27-21-16(19(24)25)20(26)28-10-29-21/h1-8,10,25H,9H2,(H3,26,27,28,29). The molecule has 0 saturated carbocycles. The number of rotatable bonds is 5. The number of anilines is 2. The Morgan fingerprint density at radius 2 is 1.83 bits per heavy atom. The van der Waals surface area contributed by atoms with Gasteiger partial charge in [0.25, 0.3) is 0 Å². The Kier molecular flexibility index (Phi) is 6.03. The Morgan fingerprint density at radius 3 is 2.60 bits per heavy atom. The first-order valence-corrected chi connectivity index (χ1v) is 10.7. The molecule has 2 aromatic heterocycles. The van der Waals surface area contributed by atoms with Gasteiger partial charge in [-0.2, -0.15) is 0 Å². The second-order valence-electron chi connectivity index (χ2n) is 6.44. The maximum absolute atomic E-state index is 7.98. The number of benzene rings is 2. The summed E-state index contributed by atoms with van der Waals surface area (Å²) in [5.74, 6) is 0.736. The molecule has 150 valence electrons. The fourth-order valence-corrected chi connectivity index (χ4v) is 4.14. The van der Waals surface area contributed by atoms with Crippen LogP contribution in [0.2, 0.25) is 10.0 Å². The van der Waals surface area contributed by atoms with Gasteiger partial charge in [0.15, 0.2) is 0 Å². The van der Waals surface area contributed by atoms with E-state index in [9.17, 15) is 0 Å². The zero-order valence-electron chi connectivity index (χ0n) is 15.5. The van der Waals surface area contributed by atoms with Crippen LogP contribution in [0.1, 0.15) is 11.1 Å². The minimum atomic E-state index is 0.252. The van der Waals surface area contributed by atoms with E-state index in [1.165, 1.54) is 6.33 Å². The number of halogens is 3. The van der Waals surface area contributed by atoms with Gasteiger partial charge in [-0.05, 0) is 46.4 Å². The van der Waals surface area contributed by atoms with E-state index in [4.69, 9.17) is 39.3 Å². The van der Waals surface area contributed by atoms with E-state index in [-0.39, 0.29) is 9.54 Å². The van der Waals surface area contributed by atoms with Crippen LogP contribution in [-0.4, -0.2) is 18.7 Å². The first kappa shape index (κ1) is 20.8. The van der Waals surface area contributed by atoms with E-state index in [1.54, 1.807) is 0 Å². The number of para-hydroxylation sites is 1. The number of pyridine rings is 1. The van der Waals surface area contributed by atoms with Crippen molar-refractivity contribution in [1.82, 2.24) is 15.0 Å². The average molecular weight is 549 g/mol. The summed E-state index contributed by atoms with van der Waals surface area (Å²) < 4.78 is 0.253. The molecule has 6 nitrogen and oxygen atoms in total. The van der Waals surface area contributed by atoms with Gasteiger partial charge in [0.1, 0.15) is 21.7 Å². The first-order valence-electron chi connectivity index (χ1n) is 8.87. The minimum Gasteiger partial charge on any atom is -0.383 e. The van der Waals surface area contributed by atoms with Crippen molar-refractivity contribution in [3.63, 3.8) is 0 Å². The van der Waals surface area contributed by atoms with Crippen molar-refractivity contribution < 1.29 is 0 Å². The molecule has 0 amide bonds. The molecule has 0 atom stereocenters. The largest absolute Gasteiger partial charge is 0.383 e. The van der Waals surface area contributed by atoms with Crippen molar-refractivity contribution in [2.24, 2.45) is 0 Å². The highest BCUT2D eigenvalue weighted by Crippen LogP contribution is 2.33. The molecule has 0 bridgehead atoms. The highest BCUT2D eigenvalue weighted by Gasteiger charge is 2.16. The average Bonchev–Trinajstić information content (AvgIpc) is 2.72. The Morgan fingerprint density at radius 1 is 1.07 bits per heavy atom. The molecule has 0 radical (unpaired) electrons. The molecule has 4 N–H and O–H groups in total. The molecule has 0 saturated heterocycles. The third kappa shape index (κ3) is 4.05. The van der Waals surface area contributed by atoms with E-state index in [1.807, 2.05) is 71.1 Å². The molecule has 0 aliphatic carbocycles. The highest BCUT2D eigenvalue weighted by molar-refractivity contribution is 14.1. The Bertz CT molecular complexity index is 1280. The molecule has 2 heterocycles. The lowest BCUT2D eigenvalue weighted by molar-refractivity contribution is 1.07. The van der Waals surface area contributed by atoms with Crippen molar-refractivity contribution >= 4 is 72.0 Å². The Balaban J connectivity index is 1.83. The van der Waals surface area contributed by atoms with Crippen LogP contribution in [0, 0.1) is 5.41 Å². The molecule has 0 fully saturated rings. The molecular weight excluding hydrogens is 534 g/mol. The van der Waals surface area contributed by atoms with Gasteiger partial charge in [0, 0.05) is 22.5 Å². The summed E-state index contributed by atoms with van der Waals surface area (Å²) in [7, 11) is 0. The van der Waals surface area contributed by atoms with Gasteiger partial charge in [-0.15, -0.1) is 0 Å². The quantitative estimate of drug-likeness (QED) is 0.211. The van der Waals surface area contributed by atoms with Crippen LogP contribution in [-0.2, 0) is 6.54 Å². The molecule has 4 aromatic rings. The predicted octanol–water partition coefficient (Wildman–Crippen LogP) is 5.95. The molecular formula is C21H15Cl2IN6. The number of aromatic nitrogens is 3. The van der Waals surface area contributed by atoms with Gasteiger partial charge >= 0.3 is 0 Å². The highest BCUT2D eigenvalue weighted by atomic mass is 127. The summed E-state index contributed by atoms with van der Waals surface area (Å²) >= 11 is 14.7. The SMILES string of the molecule is N=C(I)c1c(N)ncnc1NCc1cc2cccc(Cl)c2nc1-c1ccccc1Cl. The maximum atomic E-state index is 7.98. The van der Waals surface area contributed by atoms with Gasteiger partial charge in [0.05, 0.1) is 21.8 Å². The zero-order chi connectivity index (χ0) is 21.3. The van der Waals surface area contributed by atoms with Crippen LogP contribution in [0.5, 0.6) is 0 Å². The summed E-state index contributed by atoms with van der Waals surface area (Å²) in [5, 5.41) is 13.3. The molecule has 4 rings (SSSR count). The summed E-state index contributed by atoms with van der Waals surface area (Å²) in [6.07, 6.45) is 1.37. The topological polar surface area (TPSA) is 101 Å². The number of nitrogen functional groups attached to an aromatic ring is 1. The second kappa shape index (κ2) is 8.71. The number of nitrogens with one attached hydrogen (secondary N) is 2. The van der Waals surface area contributed by atoms with Gasteiger partial charge in [-0.25, -0.2) is 15.0 Å². The normalized spacial score (nSPS) is 10.9. The van der Waals surface area contributed by atoms with Crippen molar-refractivity contribution in [1.29, 1.82) is 5.41 Å². The molecule has 2 aromatic carbocycles. The number of nitrogens with two attached hydrogens (primary N) is 1. The van der Waals surface area contributed by atoms with Crippen molar-refractivity contribution in [2.75, 3.05) is 11.1 Å². The monoisotopic (exact) mass is 548 g/mol. The van der Waals surface area contributed by atoms with Crippen molar-refractivity contribution in [3.8, 4) is 11.3 Å². The summed E-state index contributed by atoms with van der Waals surface area (Å²) in [4.78, 5) is 13.1. The van der Waals surface area contributed by atoms with Crippen LogP contribution in [0.25, 0.3) is 22.2 Å². The van der Waals surface area contributed by atoms with Crippen molar-refractivity contribution in [2.45, 2.75) is 6.54 Å². The Hall–Kier alpha value is -2.49. The molecule has 0 aliphatic rings. The lowest BCUT2D eigenvalue weighted by Gasteiger charge is -2.15. The van der Waals surface area contributed by atoms with Crippen LogP contribution >= 0.6 is 45.8 Å². The number of hydrogen-bond acceptors (Lipinski definition) is 6. The van der Waals surface area contributed by atoms with Gasteiger partial charge in [0.2, 0.25) is 0 Å². The maximum Gasteiger partial charge on any atom is 0.141 e. The third-order valence-corrected chi connectivity index (χ3v) is 5.72. The summed E-state index contributed by atoms with van der Waals surface area (Å²) in [5.41, 5.74) is 9.55. The second-order valence-corrected chi connectivity index (χ2v) is 8.33. The lowest BCUT2D eigenvalue weighted by Crippen LogP contribution is -2.11. The van der Waals surface area contributed by atoms with E-state index in [0.29, 0.717) is 33.5 Å². The number of fused-ring (bicyclic) bond motifs is 1. The van der Waals surface area contributed by atoms with E-state index in [0.717, 1.165) is 22.2 Å². The fourth-order valence-electron chi connectivity index (χ4n) is 3.16. The summed E-state index contributed by atoms with van der Waals surface area (Å²) in [6.45, 7) is 0.392. The fraction of sp³-hybridized carbons (Fsp3) is 0.0476. The minimum absolute atomic E-state index is 0.252. The predicted molar refractivity (Wildman–Crippen MR) is 132 cm³/mol. The first-order chi connectivity index (χ1) is 14.5. The van der Waals surface area contributed by atoms with E-state index >= 15 is 0 Å². The van der Waals surface area contributed by atoms with Gasteiger partial charge in [-0.1, -0.05) is 53.5 Å². The van der Waals surface area contributed by atoms with Crippen LogP contribution in [0.15, 0.2) is 54.9 Å². The molecule has 0 unspecified atom stereocenters. The Labute approximate surface area is 196 Å². The smallest absolute Gasteiger partial charge is 0.141 e. The van der Waals surface area contributed by atoms with Gasteiger partial charge < -0.3 is 11.1 Å². The number of nitrogens with zero attached hydrogens (tertiary/aromatic N) is 3. The molecule has 30 heavy (non-hydrogen) atoms. The third-order valence-electron chi connectivity index (χ3n) is 4.55. The molecule has 9 heteroatoms. The van der Waals surface area contributed by atoms with Crippen LogP contribution in [0.4, 0.5) is 11.6 Å². The van der Waals surface area contributed by atoms with Gasteiger partial charge in [-0.3, -0.25) is 5.41 Å². The molecule has 0 aliphatic heterocycles. The van der Waals surface area contributed by atoms with E-state index in [2.05, 4.69) is 15.3 Å². The molecule has 0 spiro atoms. The van der Waals surface area contributed by atoms with Crippen molar-refractivity contribution in [3.05, 3.63) is 76.0 Å². The van der Waals surface area contributed by atoms with Crippen LogP contribution < -0.4 is 11.1 Å². The lowest BCUT2D eigenvalue weighted by atomic mass is 10.0. The van der Waals surface area contributed by atoms with E-state index < -0.39 is 0 Å².